The van der Waals surface area contributed by atoms with E-state index in [0.717, 1.165) is 0 Å². The van der Waals surface area contributed by atoms with Gasteiger partial charge in [0, 0.05) is 0 Å². The van der Waals surface area contributed by atoms with Crippen molar-refractivity contribution in [3.8, 4) is 0 Å². The van der Waals surface area contributed by atoms with E-state index in [4.69, 9.17) is 25.9 Å². The number of hydrogen-bond donors (Lipinski definition) is 2. The predicted molar refractivity (Wildman–Crippen MR) is 121 cm³/mol. The van der Waals surface area contributed by atoms with E-state index in [1.807, 2.05) is 0 Å². The SMILES string of the molecule is O=S(=O)(O)C(F)(F)F.O=S(=O)(O)C(F)(F)F.[CH2]=[Zr+2].c1ccc2[cH-]ccc2c1.c1ccc2[cH-]ccc2c1. The Kier molecular flexibility index (Phi) is 13.6. The summed E-state index contributed by atoms with van der Waals surface area (Å²) in [5.41, 5.74) is -11.1. The molecular formula is C21H18F6O6S2Zr. The Balaban J connectivity index is 0.000000445. The molecule has 0 bridgehead atoms. The van der Waals surface area contributed by atoms with Crippen LogP contribution >= 0.6 is 0 Å². The van der Waals surface area contributed by atoms with Crippen LogP contribution < -0.4 is 0 Å². The van der Waals surface area contributed by atoms with Crippen LogP contribution in [0.1, 0.15) is 0 Å². The Labute approximate surface area is 217 Å². The van der Waals surface area contributed by atoms with E-state index in [2.05, 4.69) is 89.1 Å². The second kappa shape index (κ2) is 14.5. The first-order chi connectivity index (χ1) is 16.4. The van der Waals surface area contributed by atoms with Crippen molar-refractivity contribution < 1.29 is 76.5 Å². The molecule has 0 amide bonds. The van der Waals surface area contributed by atoms with Crippen LogP contribution in [-0.2, 0) is 44.5 Å². The second-order valence-corrected chi connectivity index (χ2v) is 8.98. The molecule has 0 saturated heterocycles. The fourth-order valence-electron chi connectivity index (χ4n) is 2.14. The van der Waals surface area contributed by atoms with Gasteiger partial charge in [0.15, 0.2) is 0 Å². The van der Waals surface area contributed by atoms with Gasteiger partial charge in [-0.2, -0.15) is 78.2 Å². The topological polar surface area (TPSA) is 109 Å². The number of alkyl halides is 6. The summed E-state index contributed by atoms with van der Waals surface area (Å²) in [7, 11) is -11.7. The zero-order chi connectivity index (χ0) is 28.2. The molecule has 2 N–H and O–H groups in total. The predicted octanol–water partition coefficient (Wildman–Crippen LogP) is 5.87. The van der Waals surface area contributed by atoms with Crippen LogP contribution in [0.25, 0.3) is 21.5 Å². The van der Waals surface area contributed by atoms with Crippen molar-refractivity contribution in [2.45, 2.75) is 11.0 Å². The summed E-state index contributed by atoms with van der Waals surface area (Å²) in [4.78, 5) is 0. The van der Waals surface area contributed by atoms with Gasteiger partial charge in [-0.3, -0.25) is 9.11 Å². The molecule has 4 rings (SSSR count). The average Bonchev–Trinajstić information content (AvgIpc) is 3.43. The summed E-state index contributed by atoms with van der Waals surface area (Å²) < 4.78 is 118. The molecule has 6 nitrogen and oxygen atoms in total. The van der Waals surface area contributed by atoms with Gasteiger partial charge in [0.1, 0.15) is 0 Å². The molecule has 0 spiro atoms. The first-order valence-electron chi connectivity index (χ1n) is 9.07. The second-order valence-electron chi connectivity index (χ2n) is 6.15. The minimum absolute atomic E-state index is 1.30. The first-order valence-corrected chi connectivity index (χ1v) is 13.7. The van der Waals surface area contributed by atoms with Crippen molar-refractivity contribution in [1.29, 1.82) is 0 Å². The Morgan fingerprint density at radius 3 is 1.08 bits per heavy atom. The van der Waals surface area contributed by atoms with E-state index in [9.17, 15) is 26.3 Å². The number of halogens is 6. The fraction of sp³-hybridized carbons (Fsp3) is 0.0952. The molecule has 0 radical (unpaired) electrons. The van der Waals surface area contributed by atoms with Gasteiger partial charge < -0.3 is 0 Å². The molecule has 4 aromatic carbocycles. The molecule has 0 atom stereocenters. The molecule has 36 heavy (non-hydrogen) atoms. The van der Waals surface area contributed by atoms with E-state index < -0.39 is 31.3 Å². The molecule has 0 fully saturated rings. The van der Waals surface area contributed by atoms with Gasteiger partial charge in [-0.25, -0.2) is 0 Å². The van der Waals surface area contributed by atoms with Gasteiger partial charge >= 0.3 is 59.7 Å². The van der Waals surface area contributed by atoms with Gasteiger partial charge in [0.25, 0.3) is 0 Å². The maximum Gasteiger partial charge on any atom is -0.0809 e. The zero-order valence-corrected chi connectivity index (χ0v) is 22.0. The molecule has 15 heteroatoms. The molecule has 0 aliphatic rings. The van der Waals surface area contributed by atoms with Gasteiger partial charge in [-0.15, -0.1) is 59.3 Å². The van der Waals surface area contributed by atoms with Gasteiger partial charge in [0.2, 0.25) is 0 Å². The quantitative estimate of drug-likeness (QED) is 0.108. The first kappa shape index (κ1) is 33.8. The average molecular weight is 636 g/mol. The molecule has 4 aromatic rings. The van der Waals surface area contributed by atoms with Crippen molar-refractivity contribution in [3.05, 3.63) is 84.9 Å². The van der Waals surface area contributed by atoms with Crippen LogP contribution in [0.4, 0.5) is 26.3 Å². The van der Waals surface area contributed by atoms with E-state index in [-0.39, 0.29) is 0 Å². The Morgan fingerprint density at radius 1 is 0.611 bits per heavy atom. The van der Waals surface area contributed by atoms with Crippen molar-refractivity contribution >= 4 is 46.0 Å². The molecular weight excluding hydrogens is 618 g/mol. The van der Waals surface area contributed by atoms with Crippen LogP contribution in [0, 0.1) is 0 Å². The summed E-state index contributed by atoms with van der Waals surface area (Å²) in [5.74, 6) is 0. The van der Waals surface area contributed by atoms with Crippen molar-refractivity contribution in [1.82, 2.24) is 0 Å². The van der Waals surface area contributed by atoms with Crippen molar-refractivity contribution in [3.63, 3.8) is 0 Å². The molecule has 0 heterocycles. The standard InChI is InChI=1S/2C9H7.2CHF3O3S.CH2.Zr/c2*1-2-5-9-7-3-6-8(9)4-1;2*2-1(3,4)8(5,6)7;;/h2*1-7H;2*(H,5,6,7);1H2;/q2*-1;;;;+2. The molecule has 0 unspecified atom stereocenters. The molecule has 0 aliphatic carbocycles. The number of rotatable bonds is 0. The fourth-order valence-corrected chi connectivity index (χ4v) is 2.14. The van der Waals surface area contributed by atoms with Crippen molar-refractivity contribution in [2.75, 3.05) is 0 Å². The third-order valence-electron chi connectivity index (χ3n) is 3.68. The number of hydrogen-bond acceptors (Lipinski definition) is 4. The van der Waals surface area contributed by atoms with Crippen LogP contribution in [-0.4, -0.2) is 41.2 Å². The van der Waals surface area contributed by atoms with E-state index in [1.54, 1.807) is 0 Å². The summed E-state index contributed by atoms with van der Waals surface area (Å²) in [6, 6.07) is 29.3. The Hall–Kier alpha value is -2.19. The summed E-state index contributed by atoms with van der Waals surface area (Å²) in [6.07, 6.45) is 0. The maximum absolute atomic E-state index is 10.7. The summed E-state index contributed by atoms with van der Waals surface area (Å²) in [6.45, 7) is 0. The Bertz CT molecular complexity index is 1240. The maximum atomic E-state index is 10.7. The number of benzene rings is 2. The van der Waals surface area contributed by atoms with Crippen LogP contribution in [0.15, 0.2) is 84.9 Å². The molecule has 0 aromatic heterocycles. The van der Waals surface area contributed by atoms with Gasteiger partial charge in [0.05, 0.1) is 0 Å². The molecule has 0 aliphatic heterocycles. The van der Waals surface area contributed by atoms with E-state index >= 15 is 0 Å². The van der Waals surface area contributed by atoms with E-state index in [0.29, 0.717) is 0 Å². The van der Waals surface area contributed by atoms with Gasteiger partial charge in [-0.1, -0.05) is 12.1 Å². The Morgan fingerprint density at radius 2 is 0.861 bits per heavy atom. The summed E-state index contributed by atoms with van der Waals surface area (Å²) >= 11 is 1.30. The largest absolute Gasteiger partial charge is 0.168 e. The number of fused-ring (bicyclic) bond motifs is 2. The molecule has 0 saturated carbocycles. The third kappa shape index (κ3) is 12.2. The molecule has 196 valence electrons. The minimum Gasteiger partial charge on any atom is -0.168 e. The van der Waals surface area contributed by atoms with Gasteiger partial charge in [-0.05, 0) is 0 Å². The minimum atomic E-state index is -5.84. The zero-order valence-electron chi connectivity index (χ0n) is 17.9. The van der Waals surface area contributed by atoms with Crippen molar-refractivity contribution in [2.24, 2.45) is 0 Å². The normalized spacial score (nSPS) is 11.5. The summed E-state index contributed by atoms with van der Waals surface area (Å²) in [5, 5.41) is 5.32. The van der Waals surface area contributed by atoms with Crippen LogP contribution in [0.5, 0.6) is 0 Å². The van der Waals surface area contributed by atoms with E-state index in [1.165, 1.54) is 45.8 Å². The monoisotopic (exact) mass is 634 g/mol. The third-order valence-corrected chi connectivity index (χ3v) is 4.85. The van der Waals surface area contributed by atoms with Crippen LogP contribution in [0.3, 0.4) is 0 Å². The smallest absolute Gasteiger partial charge is 0.0809 e. The van der Waals surface area contributed by atoms with Crippen LogP contribution in [0.2, 0.25) is 0 Å².